The van der Waals surface area contributed by atoms with E-state index in [1.165, 1.54) is 0 Å². The summed E-state index contributed by atoms with van der Waals surface area (Å²) in [5.74, 6) is 1.74. The number of methoxy groups -OCH3 is 1. The molecule has 0 saturated carbocycles. The zero-order valence-electron chi connectivity index (χ0n) is 17.0. The second-order valence-electron chi connectivity index (χ2n) is 6.59. The number of carbonyl (C=O) groups is 1. The number of aliphatic imine (C=N–C) groups is 1. The van der Waals surface area contributed by atoms with Gasteiger partial charge in [0.2, 0.25) is 5.90 Å². The molecule has 0 aliphatic carbocycles. The van der Waals surface area contributed by atoms with Gasteiger partial charge < -0.3 is 18.9 Å². The molecule has 0 unspecified atom stereocenters. The van der Waals surface area contributed by atoms with Gasteiger partial charge in [0.05, 0.1) is 7.11 Å². The fourth-order valence-corrected chi connectivity index (χ4v) is 3.03. The summed E-state index contributed by atoms with van der Waals surface area (Å²) in [5, 5.41) is 0. The average Bonchev–Trinajstić information content (AvgIpc) is 3.18. The van der Waals surface area contributed by atoms with Gasteiger partial charge in [0.25, 0.3) is 0 Å². The standard InChI is InChI=1S/C25H21NO5/c1-28-22-13-7-8-14-23(22)30-16-15-29-21-12-6-5-11-19(21)17-20-25(27)31-24(26-20)18-9-3-2-4-10-18/h2-14,17H,15-16H2,1H3. The molecule has 4 rings (SSSR count). The second kappa shape index (κ2) is 9.63. The minimum absolute atomic E-state index is 0.222. The zero-order valence-corrected chi connectivity index (χ0v) is 17.0. The highest BCUT2D eigenvalue weighted by molar-refractivity contribution is 6.12. The molecule has 3 aromatic carbocycles. The molecule has 31 heavy (non-hydrogen) atoms. The molecule has 156 valence electrons. The van der Waals surface area contributed by atoms with Gasteiger partial charge in [-0.05, 0) is 36.4 Å². The Morgan fingerprint density at radius 2 is 1.42 bits per heavy atom. The Kier molecular flexibility index (Phi) is 6.28. The number of rotatable bonds is 8. The van der Waals surface area contributed by atoms with Gasteiger partial charge in [-0.25, -0.2) is 9.79 Å². The molecule has 1 heterocycles. The maximum absolute atomic E-state index is 12.3. The lowest BCUT2D eigenvalue weighted by atomic mass is 10.1. The van der Waals surface area contributed by atoms with Crippen LogP contribution in [-0.4, -0.2) is 32.2 Å². The van der Waals surface area contributed by atoms with Crippen molar-refractivity contribution in [1.29, 1.82) is 0 Å². The third-order valence-electron chi connectivity index (χ3n) is 4.52. The van der Waals surface area contributed by atoms with E-state index in [0.717, 1.165) is 11.1 Å². The van der Waals surface area contributed by atoms with E-state index >= 15 is 0 Å². The number of para-hydroxylation sites is 3. The Hall–Kier alpha value is -4.06. The van der Waals surface area contributed by atoms with Gasteiger partial charge in [0.15, 0.2) is 17.2 Å². The maximum Gasteiger partial charge on any atom is 0.363 e. The van der Waals surface area contributed by atoms with Gasteiger partial charge in [-0.15, -0.1) is 0 Å². The summed E-state index contributed by atoms with van der Waals surface area (Å²) in [6, 6.07) is 24.2. The summed E-state index contributed by atoms with van der Waals surface area (Å²) in [6.07, 6.45) is 1.66. The Morgan fingerprint density at radius 3 is 2.16 bits per heavy atom. The van der Waals surface area contributed by atoms with Crippen molar-refractivity contribution in [3.05, 3.63) is 95.7 Å². The first kappa shape index (κ1) is 20.2. The monoisotopic (exact) mass is 415 g/mol. The Morgan fingerprint density at radius 1 is 0.806 bits per heavy atom. The van der Waals surface area contributed by atoms with Crippen LogP contribution >= 0.6 is 0 Å². The molecule has 1 aliphatic heterocycles. The lowest BCUT2D eigenvalue weighted by Gasteiger charge is -2.12. The van der Waals surface area contributed by atoms with E-state index in [9.17, 15) is 4.79 Å². The van der Waals surface area contributed by atoms with Crippen molar-refractivity contribution < 1.29 is 23.7 Å². The van der Waals surface area contributed by atoms with Crippen LogP contribution in [0.3, 0.4) is 0 Å². The van der Waals surface area contributed by atoms with Crippen LogP contribution in [0.25, 0.3) is 6.08 Å². The van der Waals surface area contributed by atoms with Crippen LogP contribution in [-0.2, 0) is 9.53 Å². The first-order valence-electron chi connectivity index (χ1n) is 9.80. The van der Waals surface area contributed by atoms with Crippen LogP contribution in [0.1, 0.15) is 11.1 Å². The molecule has 0 radical (unpaired) electrons. The molecular weight excluding hydrogens is 394 g/mol. The lowest BCUT2D eigenvalue weighted by molar-refractivity contribution is -0.129. The van der Waals surface area contributed by atoms with Crippen LogP contribution in [0, 0.1) is 0 Å². The molecular formula is C25H21NO5. The predicted octanol–water partition coefficient (Wildman–Crippen LogP) is 4.50. The van der Waals surface area contributed by atoms with Gasteiger partial charge in [0.1, 0.15) is 19.0 Å². The van der Waals surface area contributed by atoms with E-state index < -0.39 is 5.97 Å². The largest absolute Gasteiger partial charge is 0.493 e. The van der Waals surface area contributed by atoms with Crippen molar-refractivity contribution in [3.8, 4) is 17.2 Å². The Balaban J connectivity index is 1.44. The molecule has 0 spiro atoms. The van der Waals surface area contributed by atoms with Gasteiger partial charge in [-0.2, -0.15) is 0 Å². The van der Waals surface area contributed by atoms with Crippen molar-refractivity contribution in [1.82, 2.24) is 0 Å². The van der Waals surface area contributed by atoms with Crippen LogP contribution in [0.5, 0.6) is 17.2 Å². The highest BCUT2D eigenvalue weighted by Crippen LogP contribution is 2.27. The van der Waals surface area contributed by atoms with E-state index in [4.69, 9.17) is 18.9 Å². The molecule has 6 heteroatoms. The fourth-order valence-electron chi connectivity index (χ4n) is 3.03. The van der Waals surface area contributed by atoms with E-state index in [1.807, 2.05) is 78.9 Å². The summed E-state index contributed by atoms with van der Waals surface area (Å²) in [7, 11) is 1.60. The van der Waals surface area contributed by atoms with Crippen LogP contribution < -0.4 is 14.2 Å². The summed E-state index contributed by atoms with van der Waals surface area (Å²) < 4.78 is 22.2. The second-order valence-corrected chi connectivity index (χ2v) is 6.59. The highest BCUT2D eigenvalue weighted by Gasteiger charge is 2.24. The van der Waals surface area contributed by atoms with Crippen LogP contribution in [0.2, 0.25) is 0 Å². The number of hydrogen-bond donors (Lipinski definition) is 0. The number of cyclic esters (lactones) is 1. The van der Waals surface area contributed by atoms with Gasteiger partial charge in [-0.3, -0.25) is 0 Å². The van der Waals surface area contributed by atoms with Crippen molar-refractivity contribution in [3.63, 3.8) is 0 Å². The molecule has 0 bridgehead atoms. The molecule has 1 aliphatic rings. The molecule has 0 aromatic heterocycles. The SMILES string of the molecule is COc1ccccc1OCCOc1ccccc1C=C1N=C(c2ccccc2)OC1=O. The number of nitrogens with zero attached hydrogens (tertiary/aromatic N) is 1. The predicted molar refractivity (Wildman–Crippen MR) is 117 cm³/mol. The average molecular weight is 415 g/mol. The minimum atomic E-state index is -0.492. The number of ether oxygens (including phenoxy) is 4. The molecule has 0 atom stereocenters. The van der Waals surface area contributed by atoms with Crippen molar-refractivity contribution in [2.45, 2.75) is 0 Å². The van der Waals surface area contributed by atoms with E-state index in [2.05, 4.69) is 4.99 Å². The summed E-state index contributed by atoms with van der Waals surface area (Å²) in [5.41, 5.74) is 1.70. The van der Waals surface area contributed by atoms with Crippen molar-refractivity contribution in [2.24, 2.45) is 4.99 Å². The summed E-state index contributed by atoms with van der Waals surface area (Å²) >= 11 is 0. The third-order valence-corrected chi connectivity index (χ3v) is 4.52. The molecule has 0 amide bonds. The number of hydrogen-bond acceptors (Lipinski definition) is 6. The topological polar surface area (TPSA) is 66.3 Å². The van der Waals surface area contributed by atoms with Gasteiger partial charge >= 0.3 is 5.97 Å². The Bertz CT molecular complexity index is 1120. The maximum atomic E-state index is 12.3. The third kappa shape index (κ3) is 4.93. The van der Waals surface area contributed by atoms with E-state index in [-0.39, 0.29) is 5.70 Å². The first-order valence-corrected chi connectivity index (χ1v) is 9.80. The highest BCUT2D eigenvalue weighted by atomic mass is 16.6. The van der Waals surface area contributed by atoms with E-state index in [0.29, 0.717) is 36.4 Å². The summed E-state index contributed by atoms with van der Waals surface area (Å²) in [4.78, 5) is 16.6. The number of benzene rings is 3. The van der Waals surface area contributed by atoms with Crippen LogP contribution in [0.15, 0.2) is 89.6 Å². The van der Waals surface area contributed by atoms with Gasteiger partial charge in [0, 0.05) is 11.1 Å². The smallest absolute Gasteiger partial charge is 0.363 e. The normalized spacial score (nSPS) is 14.2. The molecule has 0 N–H and O–H groups in total. The zero-order chi connectivity index (χ0) is 21.5. The fraction of sp³-hybridized carbons (Fsp3) is 0.120. The quantitative estimate of drug-likeness (QED) is 0.308. The van der Waals surface area contributed by atoms with E-state index in [1.54, 1.807) is 13.2 Å². The number of carbonyl (C=O) groups excluding carboxylic acids is 1. The number of esters is 1. The van der Waals surface area contributed by atoms with Crippen LogP contribution in [0.4, 0.5) is 0 Å². The van der Waals surface area contributed by atoms with Gasteiger partial charge in [-0.1, -0.05) is 48.5 Å². The molecule has 6 nitrogen and oxygen atoms in total. The van der Waals surface area contributed by atoms with Crippen molar-refractivity contribution in [2.75, 3.05) is 20.3 Å². The Labute approximate surface area is 180 Å². The molecule has 0 fully saturated rings. The minimum Gasteiger partial charge on any atom is -0.493 e. The molecule has 3 aromatic rings. The molecule has 0 saturated heterocycles. The summed E-state index contributed by atoms with van der Waals surface area (Å²) in [6.45, 7) is 0.658. The lowest BCUT2D eigenvalue weighted by Crippen LogP contribution is -2.10. The van der Waals surface area contributed by atoms with Crippen molar-refractivity contribution >= 4 is 17.9 Å². The first-order chi connectivity index (χ1) is 15.2.